The van der Waals surface area contributed by atoms with Crippen molar-refractivity contribution in [3.8, 4) is 0 Å². The fraction of sp³-hybridized carbons (Fsp3) is 0.222. The Kier molecular flexibility index (Phi) is 3.93. The second kappa shape index (κ2) is 5.86. The van der Waals surface area contributed by atoms with Gasteiger partial charge in [0.2, 0.25) is 0 Å². The van der Waals surface area contributed by atoms with Crippen molar-refractivity contribution in [3.05, 3.63) is 65.2 Å². The van der Waals surface area contributed by atoms with E-state index in [9.17, 15) is 9.59 Å². The first kappa shape index (κ1) is 14.1. The molecule has 3 rings (SSSR count). The zero-order valence-electron chi connectivity index (χ0n) is 11.8. The maximum absolute atomic E-state index is 12.6. The third-order valence-corrected chi connectivity index (χ3v) is 4.97. The Bertz CT molecular complexity index is 692. The minimum absolute atomic E-state index is 0.0414. The first-order valence-corrected chi connectivity index (χ1v) is 8.08. The average molecular weight is 296 g/mol. The minimum atomic E-state index is -0.558. The van der Waals surface area contributed by atoms with Gasteiger partial charge in [-0.3, -0.25) is 9.59 Å². The van der Waals surface area contributed by atoms with E-state index in [0.29, 0.717) is 16.9 Å². The Morgan fingerprint density at radius 1 is 1.19 bits per heavy atom. The van der Waals surface area contributed by atoms with Crippen molar-refractivity contribution in [1.82, 2.24) is 0 Å². The Balaban J connectivity index is 1.91. The third kappa shape index (κ3) is 2.66. The molecule has 1 atom stereocenters. The van der Waals surface area contributed by atoms with Gasteiger partial charge in [-0.2, -0.15) is 0 Å². The SMILES string of the molecule is CCc1ccc2c(c1)SCC(C(=O)c1ccccc1)C2=O. The van der Waals surface area contributed by atoms with Gasteiger partial charge in [-0.05, 0) is 24.1 Å². The molecule has 0 spiro atoms. The van der Waals surface area contributed by atoms with Crippen molar-refractivity contribution >= 4 is 23.3 Å². The number of hydrogen-bond donors (Lipinski definition) is 0. The van der Waals surface area contributed by atoms with Gasteiger partial charge in [0.25, 0.3) is 0 Å². The predicted molar refractivity (Wildman–Crippen MR) is 85.1 cm³/mol. The summed E-state index contributed by atoms with van der Waals surface area (Å²) in [6, 6.07) is 15.0. The van der Waals surface area contributed by atoms with Gasteiger partial charge in [-0.25, -0.2) is 0 Å². The molecular weight excluding hydrogens is 280 g/mol. The lowest BCUT2D eigenvalue weighted by Crippen LogP contribution is -2.30. The smallest absolute Gasteiger partial charge is 0.175 e. The highest BCUT2D eigenvalue weighted by atomic mass is 32.2. The molecule has 2 aromatic rings. The van der Waals surface area contributed by atoms with Crippen LogP contribution >= 0.6 is 11.8 Å². The van der Waals surface area contributed by atoms with Crippen LogP contribution in [0.1, 0.15) is 33.2 Å². The van der Waals surface area contributed by atoms with E-state index in [4.69, 9.17) is 0 Å². The Morgan fingerprint density at radius 3 is 2.67 bits per heavy atom. The molecule has 0 N–H and O–H groups in total. The molecule has 0 bridgehead atoms. The molecule has 2 nitrogen and oxygen atoms in total. The molecule has 106 valence electrons. The topological polar surface area (TPSA) is 34.1 Å². The van der Waals surface area contributed by atoms with Crippen LogP contribution in [0.3, 0.4) is 0 Å². The highest BCUT2D eigenvalue weighted by molar-refractivity contribution is 7.99. The van der Waals surface area contributed by atoms with Crippen molar-refractivity contribution in [2.75, 3.05) is 5.75 Å². The quantitative estimate of drug-likeness (QED) is 0.633. The second-order valence-electron chi connectivity index (χ2n) is 5.14. The number of hydrogen-bond acceptors (Lipinski definition) is 3. The van der Waals surface area contributed by atoms with Gasteiger partial charge in [0.05, 0.1) is 5.92 Å². The van der Waals surface area contributed by atoms with Crippen LogP contribution in [-0.4, -0.2) is 17.3 Å². The molecule has 0 radical (unpaired) electrons. The van der Waals surface area contributed by atoms with Crippen molar-refractivity contribution in [3.63, 3.8) is 0 Å². The summed E-state index contributed by atoms with van der Waals surface area (Å²) in [7, 11) is 0. The van der Waals surface area contributed by atoms with Crippen LogP contribution in [0.4, 0.5) is 0 Å². The fourth-order valence-electron chi connectivity index (χ4n) is 2.54. The lowest BCUT2D eigenvalue weighted by molar-refractivity contribution is 0.0820. The maximum Gasteiger partial charge on any atom is 0.175 e. The molecule has 0 saturated heterocycles. The molecule has 21 heavy (non-hydrogen) atoms. The number of benzene rings is 2. The molecule has 0 aliphatic carbocycles. The number of carbonyl (C=O) groups is 2. The summed E-state index contributed by atoms with van der Waals surface area (Å²) in [5, 5.41) is 0. The summed E-state index contributed by atoms with van der Waals surface area (Å²) < 4.78 is 0. The number of carbonyl (C=O) groups excluding carboxylic acids is 2. The van der Waals surface area contributed by atoms with Crippen LogP contribution in [0, 0.1) is 5.92 Å². The van der Waals surface area contributed by atoms with Crippen molar-refractivity contribution in [2.45, 2.75) is 18.2 Å². The largest absolute Gasteiger partial charge is 0.293 e. The van der Waals surface area contributed by atoms with E-state index in [1.54, 1.807) is 23.9 Å². The van der Waals surface area contributed by atoms with Gasteiger partial charge < -0.3 is 0 Å². The van der Waals surface area contributed by atoms with E-state index in [2.05, 4.69) is 13.0 Å². The summed E-state index contributed by atoms with van der Waals surface area (Å²) in [6.07, 6.45) is 0.953. The van der Waals surface area contributed by atoms with Gasteiger partial charge in [0.15, 0.2) is 11.6 Å². The van der Waals surface area contributed by atoms with Crippen LogP contribution in [-0.2, 0) is 6.42 Å². The molecule has 0 fully saturated rings. The molecule has 0 aromatic heterocycles. The Hall–Kier alpha value is -1.87. The maximum atomic E-state index is 12.6. The Morgan fingerprint density at radius 2 is 1.95 bits per heavy atom. The molecular formula is C18H16O2S. The average Bonchev–Trinajstić information content (AvgIpc) is 2.55. The van der Waals surface area contributed by atoms with Crippen LogP contribution in [0.15, 0.2) is 53.4 Å². The van der Waals surface area contributed by atoms with E-state index >= 15 is 0 Å². The van der Waals surface area contributed by atoms with E-state index < -0.39 is 5.92 Å². The van der Waals surface area contributed by atoms with Crippen molar-refractivity contribution in [2.24, 2.45) is 5.92 Å². The number of fused-ring (bicyclic) bond motifs is 1. The molecule has 3 heteroatoms. The lowest BCUT2D eigenvalue weighted by Gasteiger charge is -2.22. The standard InChI is InChI=1S/C18H16O2S/c1-2-12-8-9-14-16(10-12)21-11-15(18(14)20)17(19)13-6-4-3-5-7-13/h3-10,15H,2,11H2,1H3. The van der Waals surface area contributed by atoms with E-state index in [0.717, 1.165) is 11.3 Å². The fourth-order valence-corrected chi connectivity index (χ4v) is 3.75. The molecule has 0 saturated carbocycles. The third-order valence-electron chi connectivity index (χ3n) is 3.82. The van der Waals surface area contributed by atoms with Crippen molar-refractivity contribution < 1.29 is 9.59 Å². The molecule has 1 aliphatic heterocycles. The first-order valence-electron chi connectivity index (χ1n) is 7.10. The first-order chi connectivity index (χ1) is 10.2. The monoisotopic (exact) mass is 296 g/mol. The van der Waals surface area contributed by atoms with Gasteiger partial charge in [-0.1, -0.05) is 43.3 Å². The van der Waals surface area contributed by atoms with Gasteiger partial charge >= 0.3 is 0 Å². The van der Waals surface area contributed by atoms with Gasteiger partial charge in [0, 0.05) is 21.8 Å². The second-order valence-corrected chi connectivity index (χ2v) is 6.20. The lowest BCUT2D eigenvalue weighted by atomic mass is 9.90. The van der Waals surface area contributed by atoms with E-state index in [1.165, 1.54) is 5.56 Å². The summed E-state index contributed by atoms with van der Waals surface area (Å²) in [5.74, 6) is -0.136. The van der Waals surface area contributed by atoms with E-state index in [-0.39, 0.29) is 11.6 Å². The molecule has 1 unspecified atom stereocenters. The Labute approximate surface area is 128 Å². The minimum Gasteiger partial charge on any atom is -0.293 e. The predicted octanol–water partition coefficient (Wildman–Crippen LogP) is 4.04. The summed E-state index contributed by atoms with van der Waals surface area (Å²) >= 11 is 1.61. The molecule has 2 aromatic carbocycles. The number of thioether (sulfide) groups is 1. The van der Waals surface area contributed by atoms with Crippen molar-refractivity contribution in [1.29, 1.82) is 0 Å². The summed E-state index contributed by atoms with van der Waals surface area (Å²) in [4.78, 5) is 26.1. The normalized spacial score (nSPS) is 17.4. The summed E-state index contributed by atoms with van der Waals surface area (Å²) in [5.41, 5.74) is 2.53. The number of aryl methyl sites for hydroxylation is 1. The van der Waals surface area contributed by atoms with Crippen LogP contribution < -0.4 is 0 Å². The highest BCUT2D eigenvalue weighted by Crippen LogP contribution is 2.35. The molecule has 0 amide bonds. The summed E-state index contributed by atoms with van der Waals surface area (Å²) in [6.45, 7) is 2.10. The molecule has 1 heterocycles. The van der Waals surface area contributed by atoms with Gasteiger partial charge in [-0.15, -0.1) is 11.8 Å². The number of Topliss-reactive ketones (excluding diaryl/α,β-unsaturated/α-hetero) is 2. The highest BCUT2D eigenvalue weighted by Gasteiger charge is 2.33. The van der Waals surface area contributed by atoms with E-state index in [1.807, 2.05) is 30.3 Å². The van der Waals surface area contributed by atoms with Crippen LogP contribution in [0.25, 0.3) is 0 Å². The number of rotatable bonds is 3. The zero-order chi connectivity index (χ0) is 14.8. The zero-order valence-corrected chi connectivity index (χ0v) is 12.7. The number of ketones is 2. The van der Waals surface area contributed by atoms with Crippen LogP contribution in [0.2, 0.25) is 0 Å². The molecule has 1 aliphatic rings. The van der Waals surface area contributed by atoms with Crippen LogP contribution in [0.5, 0.6) is 0 Å². The van der Waals surface area contributed by atoms with Gasteiger partial charge in [0.1, 0.15) is 0 Å².